The van der Waals surface area contributed by atoms with Gasteiger partial charge in [-0.3, -0.25) is 9.69 Å². The largest absolute Gasteiger partial charge is 0.359 e. The molecule has 4 nitrogen and oxygen atoms in total. The quantitative estimate of drug-likeness (QED) is 0.602. The topological polar surface area (TPSA) is 38.8 Å². The molecule has 0 radical (unpaired) electrons. The zero-order valence-electron chi connectivity index (χ0n) is 8.23. The van der Waals surface area contributed by atoms with Crippen LogP contribution in [0.1, 0.15) is 26.7 Å². The highest BCUT2D eigenvalue weighted by molar-refractivity contribution is 5.48. The van der Waals surface area contributed by atoms with Crippen LogP contribution in [0.4, 0.5) is 0 Å². The van der Waals surface area contributed by atoms with Gasteiger partial charge in [-0.25, -0.2) is 0 Å². The third-order valence-corrected chi connectivity index (χ3v) is 2.17. The molecule has 0 aromatic heterocycles. The van der Waals surface area contributed by atoms with Crippen molar-refractivity contribution >= 4 is 6.41 Å². The number of amides is 1. The Labute approximate surface area is 78.8 Å². The Morgan fingerprint density at radius 3 is 2.00 bits per heavy atom. The Morgan fingerprint density at radius 1 is 1.23 bits per heavy atom. The number of nitrogens with zero attached hydrogens (tertiary/aromatic N) is 1. The van der Waals surface area contributed by atoms with Crippen LogP contribution in [0.25, 0.3) is 0 Å². The Bertz CT molecular complexity index is 149. The average molecular weight is 187 g/mol. The van der Waals surface area contributed by atoms with Crippen molar-refractivity contribution < 1.29 is 14.3 Å². The highest BCUT2D eigenvalue weighted by atomic mass is 16.5. The standard InChI is InChI=1S/C9H17NO3/c1-3-12-8-5-6-9(13-4-2)10(8)7-11/h7-9H,3-6H2,1-2H3. The van der Waals surface area contributed by atoms with Crippen LogP contribution in [-0.4, -0.2) is 37.0 Å². The fraction of sp³-hybridized carbons (Fsp3) is 0.889. The first kappa shape index (κ1) is 10.5. The zero-order chi connectivity index (χ0) is 9.68. The second kappa shape index (κ2) is 5.19. The molecule has 0 aromatic rings. The number of likely N-dealkylation sites (tertiary alicyclic amines) is 1. The fourth-order valence-electron chi connectivity index (χ4n) is 1.63. The Balaban J connectivity index is 2.47. The number of rotatable bonds is 5. The second-order valence-electron chi connectivity index (χ2n) is 2.95. The van der Waals surface area contributed by atoms with Crippen molar-refractivity contribution in [2.24, 2.45) is 0 Å². The predicted molar refractivity (Wildman–Crippen MR) is 48.0 cm³/mol. The fourth-order valence-corrected chi connectivity index (χ4v) is 1.63. The minimum Gasteiger partial charge on any atom is -0.359 e. The SMILES string of the molecule is CCOC1CCC(OCC)N1C=O. The highest BCUT2D eigenvalue weighted by Crippen LogP contribution is 2.23. The van der Waals surface area contributed by atoms with E-state index in [0.29, 0.717) is 13.2 Å². The molecule has 0 aromatic carbocycles. The first-order chi connectivity index (χ1) is 6.33. The first-order valence-electron chi connectivity index (χ1n) is 4.79. The number of carbonyl (C=O) groups excluding carboxylic acids is 1. The average Bonchev–Trinajstić information content (AvgIpc) is 2.49. The van der Waals surface area contributed by atoms with Crippen LogP contribution in [0, 0.1) is 0 Å². The summed E-state index contributed by atoms with van der Waals surface area (Å²) in [5.74, 6) is 0. The summed E-state index contributed by atoms with van der Waals surface area (Å²) in [6.45, 7) is 5.12. The van der Waals surface area contributed by atoms with Crippen molar-refractivity contribution in [2.45, 2.75) is 39.1 Å². The van der Waals surface area contributed by atoms with E-state index < -0.39 is 0 Å². The van der Waals surface area contributed by atoms with Crippen LogP contribution in [0.3, 0.4) is 0 Å². The normalized spacial score (nSPS) is 28.0. The Kier molecular flexibility index (Phi) is 4.18. The van der Waals surface area contributed by atoms with Gasteiger partial charge in [0.15, 0.2) is 0 Å². The first-order valence-corrected chi connectivity index (χ1v) is 4.79. The monoisotopic (exact) mass is 187 g/mol. The van der Waals surface area contributed by atoms with E-state index in [2.05, 4.69) is 0 Å². The van der Waals surface area contributed by atoms with Crippen LogP contribution in [0.5, 0.6) is 0 Å². The predicted octanol–water partition coefficient (Wildman–Crippen LogP) is 0.964. The van der Waals surface area contributed by atoms with Gasteiger partial charge in [0.05, 0.1) is 0 Å². The lowest BCUT2D eigenvalue weighted by Gasteiger charge is -2.25. The number of hydrogen-bond donors (Lipinski definition) is 0. The maximum Gasteiger partial charge on any atom is 0.213 e. The third-order valence-electron chi connectivity index (χ3n) is 2.17. The molecule has 2 unspecified atom stereocenters. The molecule has 0 saturated carbocycles. The van der Waals surface area contributed by atoms with Crippen molar-refractivity contribution in [1.82, 2.24) is 4.90 Å². The molecule has 1 aliphatic heterocycles. The minimum atomic E-state index is -0.0842. The minimum absolute atomic E-state index is 0.0842. The van der Waals surface area contributed by atoms with E-state index in [-0.39, 0.29) is 12.5 Å². The van der Waals surface area contributed by atoms with Crippen LogP contribution in [0.15, 0.2) is 0 Å². The molecular formula is C9H17NO3. The highest BCUT2D eigenvalue weighted by Gasteiger charge is 2.32. The molecule has 0 N–H and O–H groups in total. The van der Waals surface area contributed by atoms with Gasteiger partial charge in [-0.1, -0.05) is 0 Å². The lowest BCUT2D eigenvalue weighted by atomic mass is 10.3. The van der Waals surface area contributed by atoms with E-state index >= 15 is 0 Å². The van der Waals surface area contributed by atoms with E-state index in [9.17, 15) is 4.79 Å². The molecule has 76 valence electrons. The molecule has 1 fully saturated rings. The van der Waals surface area contributed by atoms with Gasteiger partial charge in [-0.2, -0.15) is 0 Å². The molecule has 13 heavy (non-hydrogen) atoms. The third kappa shape index (κ3) is 2.42. The lowest BCUT2D eigenvalue weighted by Crippen LogP contribution is -2.37. The summed E-state index contributed by atoms with van der Waals surface area (Å²) >= 11 is 0. The Hall–Kier alpha value is -0.610. The molecule has 0 spiro atoms. The summed E-state index contributed by atoms with van der Waals surface area (Å²) in [5, 5.41) is 0. The van der Waals surface area contributed by atoms with Crippen molar-refractivity contribution in [3.63, 3.8) is 0 Å². The smallest absolute Gasteiger partial charge is 0.213 e. The van der Waals surface area contributed by atoms with Crippen molar-refractivity contribution in [3.8, 4) is 0 Å². The molecule has 0 aliphatic carbocycles. The maximum atomic E-state index is 10.7. The summed E-state index contributed by atoms with van der Waals surface area (Å²) in [7, 11) is 0. The van der Waals surface area contributed by atoms with E-state index in [4.69, 9.17) is 9.47 Å². The van der Waals surface area contributed by atoms with Crippen molar-refractivity contribution in [3.05, 3.63) is 0 Å². The summed E-state index contributed by atoms with van der Waals surface area (Å²) in [5.41, 5.74) is 0. The summed E-state index contributed by atoms with van der Waals surface area (Å²) in [4.78, 5) is 12.4. The Morgan fingerprint density at radius 2 is 1.69 bits per heavy atom. The van der Waals surface area contributed by atoms with Gasteiger partial charge >= 0.3 is 0 Å². The molecule has 0 bridgehead atoms. The van der Waals surface area contributed by atoms with Crippen LogP contribution in [-0.2, 0) is 14.3 Å². The van der Waals surface area contributed by atoms with Gasteiger partial charge in [0.2, 0.25) is 6.41 Å². The maximum absolute atomic E-state index is 10.7. The molecule has 1 aliphatic rings. The molecule has 4 heteroatoms. The van der Waals surface area contributed by atoms with E-state index in [1.807, 2.05) is 13.8 Å². The lowest BCUT2D eigenvalue weighted by molar-refractivity contribution is -0.147. The van der Waals surface area contributed by atoms with E-state index in [1.165, 1.54) is 0 Å². The summed E-state index contributed by atoms with van der Waals surface area (Å²) in [6.07, 6.45) is 2.39. The van der Waals surface area contributed by atoms with Crippen LogP contribution < -0.4 is 0 Å². The number of ether oxygens (including phenoxy) is 2. The van der Waals surface area contributed by atoms with Crippen LogP contribution >= 0.6 is 0 Å². The van der Waals surface area contributed by atoms with E-state index in [0.717, 1.165) is 19.3 Å². The van der Waals surface area contributed by atoms with E-state index in [1.54, 1.807) is 4.90 Å². The van der Waals surface area contributed by atoms with Gasteiger partial charge in [0, 0.05) is 13.2 Å². The molecule has 2 atom stereocenters. The molecule has 1 saturated heterocycles. The van der Waals surface area contributed by atoms with Crippen molar-refractivity contribution in [2.75, 3.05) is 13.2 Å². The van der Waals surface area contributed by atoms with Gasteiger partial charge in [0.25, 0.3) is 0 Å². The van der Waals surface area contributed by atoms with Gasteiger partial charge < -0.3 is 9.47 Å². The summed E-state index contributed by atoms with van der Waals surface area (Å²) in [6, 6.07) is 0. The molecule has 1 heterocycles. The number of hydrogen-bond acceptors (Lipinski definition) is 3. The number of carbonyl (C=O) groups is 1. The summed E-state index contributed by atoms with van der Waals surface area (Å²) < 4.78 is 10.8. The molecule has 1 rings (SSSR count). The van der Waals surface area contributed by atoms with Gasteiger partial charge in [-0.15, -0.1) is 0 Å². The second-order valence-corrected chi connectivity index (χ2v) is 2.95. The van der Waals surface area contributed by atoms with Crippen LogP contribution in [0.2, 0.25) is 0 Å². The molecule has 1 amide bonds. The molecular weight excluding hydrogens is 170 g/mol. The van der Waals surface area contributed by atoms with Gasteiger partial charge in [0.1, 0.15) is 12.5 Å². The zero-order valence-corrected chi connectivity index (χ0v) is 8.23. The van der Waals surface area contributed by atoms with Crippen molar-refractivity contribution in [1.29, 1.82) is 0 Å². The van der Waals surface area contributed by atoms with Gasteiger partial charge in [-0.05, 0) is 26.7 Å².